The van der Waals surface area contributed by atoms with Crippen LogP contribution in [0.4, 0.5) is 11.6 Å². The number of pyridine rings is 1. The van der Waals surface area contributed by atoms with Crippen LogP contribution in [0.3, 0.4) is 0 Å². The van der Waals surface area contributed by atoms with E-state index in [0.29, 0.717) is 41.4 Å². The molecule has 0 radical (unpaired) electrons. The van der Waals surface area contributed by atoms with Crippen LogP contribution < -0.4 is 15.4 Å². The zero-order valence-electron chi connectivity index (χ0n) is 21.8. The number of benzene rings is 1. The van der Waals surface area contributed by atoms with Gasteiger partial charge in [0.05, 0.1) is 11.8 Å². The van der Waals surface area contributed by atoms with Crippen LogP contribution in [0.15, 0.2) is 46.9 Å². The molecule has 194 valence electrons. The van der Waals surface area contributed by atoms with Crippen molar-refractivity contribution in [1.29, 1.82) is 0 Å². The summed E-state index contributed by atoms with van der Waals surface area (Å²) in [6.07, 6.45) is 2.83. The van der Waals surface area contributed by atoms with Gasteiger partial charge in [0.15, 0.2) is 0 Å². The monoisotopic (exact) mass is 512 g/mol. The number of hydrogen-bond donors (Lipinski definition) is 2. The largest absolute Gasteiger partial charge is 0.419 e. The third-order valence-corrected chi connectivity index (χ3v) is 8.05. The average molecular weight is 513 g/mol. The molecule has 9 nitrogen and oxygen atoms in total. The standard InChI is InChI=1S/C26H36N6O3S/c1-16(2)23(20-12-17(20)3)29-21-13-19(14-22(28-21)32(5)36(6,33)34)24-30-31-25(35-24)26(4,27)15-18-10-8-7-9-11-18/h7-11,13-14,16-17,20,23H,12,15,27H2,1-6H3,(H,28,29)/t17-,20-,23-,26+/m0/s1. The molecular formula is C26H36N6O3S. The van der Waals surface area contributed by atoms with Crippen LogP contribution in [0.1, 0.15) is 45.6 Å². The summed E-state index contributed by atoms with van der Waals surface area (Å²) < 4.78 is 31.8. The average Bonchev–Trinajstić information content (AvgIpc) is 3.30. The molecular weight excluding hydrogens is 476 g/mol. The first kappa shape index (κ1) is 26.1. The Bertz CT molecular complexity index is 1310. The molecule has 1 aromatic carbocycles. The smallest absolute Gasteiger partial charge is 0.248 e. The first-order chi connectivity index (χ1) is 16.8. The number of nitrogens with one attached hydrogen (secondary N) is 1. The number of aromatic nitrogens is 3. The molecule has 3 N–H and O–H groups in total. The lowest BCUT2D eigenvalue weighted by Crippen LogP contribution is -2.35. The molecule has 3 aromatic rings. The molecule has 36 heavy (non-hydrogen) atoms. The fraction of sp³-hybridized carbons (Fsp3) is 0.500. The topological polar surface area (TPSA) is 127 Å². The molecule has 1 aliphatic carbocycles. The zero-order chi connectivity index (χ0) is 26.3. The number of hydrogen-bond acceptors (Lipinski definition) is 8. The third kappa shape index (κ3) is 5.87. The van der Waals surface area contributed by atoms with Gasteiger partial charge in [0.2, 0.25) is 21.8 Å². The first-order valence-corrected chi connectivity index (χ1v) is 14.1. The Hall–Kier alpha value is -2.98. The van der Waals surface area contributed by atoms with Gasteiger partial charge in [-0.15, -0.1) is 10.2 Å². The summed E-state index contributed by atoms with van der Waals surface area (Å²) in [6.45, 7) is 8.45. The normalized spacial score (nSPS) is 20.1. The highest BCUT2D eigenvalue weighted by atomic mass is 32.2. The van der Waals surface area contributed by atoms with Crippen molar-refractivity contribution in [3.8, 4) is 11.5 Å². The molecule has 0 amide bonds. The molecule has 0 bridgehead atoms. The van der Waals surface area contributed by atoms with Gasteiger partial charge in [-0.05, 0) is 55.2 Å². The van der Waals surface area contributed by atoms with Gasteiger partial charge in [-0.2, -0.15) is 0 Å². The minimum atomic E-state index is -3.53. The molecule has 10 heteroatoms. The highest BCUT2D eigenvalue weighted by molar-refractivity contribution is 7.92. The molecule has 1 aliphatic rings. The molecule has 4 rings (SSSR count). The van der Waals surface area contributed by atoms with Gasteiger partial charge in [-0.25, -0.2) is 13.4 Å². The number of nitrogens with two attached hydrogens (primary N) is 1. The van der Waals surface area contributed by atoms with Gasteiger partial charge in [0.25, 0.3) is 0 Å². The molecule has 0 saturated heterocycles. The lowest BCUT2D eigenvalue weighted by atomic mass is 9.94. The van der Waals surface area contributed by atoms with Gasteiger partial charge in [-0.1, -0.05) is 51.1 Å². The van der Waals surface area contributed by atoms with Crippen molar-refractivity contribution in [2.45, 2.75) is 52.1 Å². The van der Waals surface area contributed by atoms with E-state index in [1.54, 1.807) is 6.07 Å². The van der Waals surface area contributed by atoms with Crippen molar-refractivity contribution >= 4 is 21.7 Å². The first-order valence-electron chi connectivity index (χ1n) is 12.2. The molecule has 0 spiro atoms. The third-order valence-electron chi connectivity index (χ3n) is 6.87. The van der Waals surface area contributed by atoms with Crippen LogP contribution in [0.5, 0.6) is 0 Å². The van der Waals surface area contributed by atoms with Crippen molar-refractivity contribution in [3.63, 3.8) is 0 Å². The highest BCUT2D eigenvalue weighted by Gasteiger charge is 2.41. The molecule has 0 aliphatic heterocycles. The van der Waals surface area contributed by atoms with E-state index in [-0.39, 0.29) is 17.8 Å². The van der Waals surface area contributed by atoms with Crippen molar-refractivity contribution in [1.82, 2.24) is 15.2 Å². The Morgan fingerprint density at radius 1 is 1.22 bits per heavy atom. The van der Waals surface area contributed by atoms with Crippen LogP contribution >= 0.6 is 0 Å². The fourth-order valence-corrected chi connectivity index (χ4v) is 4.93. The van der Waals surface area contributed by atoms with Crippen LogP contribution in [0.2, 0.25) is 0 Å². The van der Waals surface area contributed by atoms with Crippen molar-refractivity contribution in [2.75, 3.05) is 22.9 Å². The molecule has 4 atom stereocenters. The Labute approximate surface area is 213 Å². The second-order valence-electron chi connectivity index (χ2n) is 10.6. The molecule has 2 heterocycles. The van der Waals surface area contributed by atoms with Crippen LogP contribution in [-0.4, -0.2) is 42.9 Å². The lowest BCUT2D eigenvalue weighted by molar-refractivity contribution is 0.355. The molecule has 0 unspecified atom stereocenters. The summed E-state index contributed by atoms with van der Waals surface area (Å²) in [5.41, 5.74) is 7.32. The van der Waals surface area contributed by atoms with E-state index in [2.05, 4.69) is 41.3 Å². The van der Waals surface area contributed by atoms with E-state index in [4.69, 9.17) is 10.2 Å². The van der Waals surface area contributed by atoms with Crippen LogP contribution in [-0.2, 0) is 22.0 Å². The molecule has 1 fully saturated rings. The van der Waals surface area contributed by atoms with Crippen LogP contribution in [0.25, 0.3) is 11.5 Å². The summed E-state index contributed by atoms with van der Waals surface area (Å²) in [5.74, 6) is 2.97. The quantitative estimate of drug-likeness (QED) is 0.417. The molecule has 2 aromatic heterocycles. The molecule has 1 saturated carbocycles. The number of anilines is 2. The predicted octanol–water partition coefficient (Wildman–Crippen LogP) is 4.04. The van der Waals surface area contributed by atoms with E-state index in [1.807, 2.05) is 43.3 Å². The fourth-order valence-electron chi connectivity index (χ4n) is 4.50. The van der Waals surface area contributed by atoms with Crippen LogP contribution in [0, 0.1) is 17.8 Å². The zero-order valence-corrected chi connectivity index (χ0v) is 22.6. The Balaban J connectivity index is 1.69. The minimum Gasteiger partial charge on any atom is -0.419 e. The summed E-state index contributed by atoms with van der Waals surface area (Å²) in [5, 5.41) is 12.0. The van der Waals surface area contributed by atoms with E-state index >= 15 is 0 Å². The van der Waals surface area contributed by atoms with E-state index in [9.17, 15) is 8.42 Å². The number of rotatable bonds is 10. The van der Waals surface area contributed by atoms with Crippen molar-refractivity contribution in [3.05, 3.63) is 53.9 Å². The highest BCUT2D eigenvalue weighted by Crippen LogP contribution is 2.44. The summed E-state index contributed by atoms with van der Waals surface area (Å²) in [4.78, 5) is 4.62. The van der Waals surface area contributed by atoms with E-state index in [0.717, 1.165) is 22.5 Å². The Morgan fingerprint density at radius 3 is 2.47 bits per heavy atom. The maximum atomic E-state index is 12.3. The van der Waals surface area contributed by atoms with Gasteiger partial charge < -0.3 is 15.5 Å². The van der Waals surface area contributed by atoms with Crippen molar-refractivity contribution < 1.29 is 12.8 Å². The summed E-state index contributed by atoms with van der Waals surface area (Å²) in [6, 6.07) is 13.6. The van der Waals surface area contributed by atoms with E-state index in [1.165, 1.54) is 7.05 Å². The van der Waals surface area contributed by atoms with E-state index < -0.39 is 15.6 Å². The number of sulfonamides is 1. The summed E-state index contributed by atoms with van der Waals surface area (Å²) >= 11 is 0. The second-order valence-corrected chi connectivity index (χ2v) is 12.6. The second kappa shape index (κ2) is 9.82. The van der Waals surface area contributed by atoms with Crippen molar-refractivity contribution in [2.24, 2.45) is 23.5 Å². The van der Waals surface area contributed by atoms with Gasteiger partial charge in [0, 0.05) is 18.7 Å². The minimum absolute atomic E-state index is 0.218. The number of nitrogens with zero attached hydrogens (tertiary/aromatic N) is 4. The lowest BCUT2D eigenvalue weighted by Gasteiger charge is -2.25. The Morgan fingerprint density at radius 2 is 1.89 bits per heavy atom. The SMILES string of the molecule is CC(C)[C@H](Nc1cc(-c2nnc([C@](C)(N)Cc3ccccc3)o2)cc(N(C)S(C)(=O)=O)n1)[C@H]1C[C@@H]1C. The van der Waals surface area contributed by atoms with Gasteiger partial charge in [0.1, 0.15) is 11.6 Å². The van der Waals surface area contributed by atoms with Gasteiger partial charge in [-0.3, -0.25) is 4.31 Å². The Kier molecular flexibility index (Phi) is 7.12. The summed E-state index contributed by atoms with van der Waals surface area (Å²) in [7, 11) is -2.05. The van der Waals surface area contributed by atoms with Gasteiger partial charge >= 0.3 is 0 Å². The predicted molar refractivity (Wildman–Crippen MR) is 142 cm³/mol. The maximum Gasteiger partial charge on any atom is 0.248 e. The maximum absolute atomic E-state index is 12.3.